The van der Waals surface area contributed by atoms with Crippen molar-refractivity contribution in [3.8, 4) is 0 Å². The van der Waals surface area contributed by atoms with Gasteiger partial charge in [0.05, 0.1) is 6.42 Å². The standard InChI is InChI=1S/C40H48NO13P/c42-30-50-24-22-38(48)53-28-40(27-52-37(47)21-20-36(45)46,29-54-39(49)23-25-51-31-43)41-35(44)19-11-4-12-26-55(32-13-5-1-6-14-32,33-15-7-2-8-16-33)34-17-9-3-10-18-34/h1-3,5-10,13-18,30-31,55H,4,11-12,19-29H2,(H,41,44)(H,45,46). The van der Waals surface area contributed by atoms with Gasteiger partial charge in [0.1, 0.15) is 13.2 Å². The molecule has 0 atom stereocenters. The summed E-state index contributed by atoms with van der Waals surface area (Å²) in [6.07, 6.45) is 1.18. The van der Waals surface area contributed by atoms with E-state index in [0.29, 0.717) is 12.8 Å². The van der Waals surface area contributed by atoms with Gasteiger partial charge in [0.2, 0.25) is 0 Å². The Morgan fingerprint density at radius 1 is 0.564 bits per heavy atom. The third kappa shape index (κ3) is 15.0. The van der Waals surface area contributed by atoms with Crippen molar-refractivity contribution in [1.29, 1.82) is 0 Å². The Balaban J connectivity index is 1.78. The summed E-state index contributed by atoms with van der Waals surface area (Å²) >= 11 is 0. The zero-order valence-electron chi connectivity index (χ0n) is 30.6. The number of hydrogen-bond donors (Lipinski definition) is 2. The zero-order chi connectivity index (χ0) is 39.8. The van der Waals surface area contributed by atoms with Crippen LogP contribution in [0.1, 0.15) is 51.4 Å². The van der Waals surface area contributed by atoms with E-state index < -0.39 is 75.2 Å². The van der Waals surface area contributed by atoms with Crippen LogP contribution in [0.3, 0.4) is 0 Å². The molecule has 3 aromatic carbocycles. The molecule has 3 rings (SSSR count). The molecular weight excluding hydrogens is 733 g/mol. The van der Waals surface area contributed by atoms with Crippen molar-refractivity contribution in [1.82, 2.24) is 5.32 Å². The third-order valence-corrected chi connectivity index (χ3v) is 13.8. The Morgan fingerprint density at radius 3 is 1.38 bits per heavy atom. The summed E-state index contributed by atoms with van der Waals surface area (Å²) in [6.45, 7) is -2.12. The molecule has 55 heavy (non-hydrogen) atoms. The first-order valence-corrected chi connectivity index (χ1v) is 20.1. The Hall–Kier alpha value is -5.62. The number of carbonyl (C=O) groups excluding carboxylic acids is 6. The molecule has 3 aromatic rings. The second-order valence-electron chi connectivity index (χ2n) is 12.7. The van der Waals surface area contributed by atoms with Crippen molar-refractivity contribution in [3.63, 3.8) is 0 Å². The molecule has 14 nitrogen and oxygen atoms in total. The fourth-order valence-corrected chi connectivity index (χ4v) is 10.9. The average Bonchev–Trinajstić information content (AvgIpc) is 3.20. The number of carboxylic acid groups (broad SMARTS) is 1. The molecule has 0 radical (unpaired) electrons. The fourth-order valence-electron chi connectivity index (χ4n) is 6.01. The molecule has 0 aliphatic heterocycles. The zero-order valence-corrected chi connectivity index (χ0v) is 31.6. The first kappa shape index (κ1) is 43.8. The van der Waals surface area contributed by atoms with Crippen LogP contribution in [0.15, 0.2) is 91.0 Å². The van der Waals surface area contributed by atoms with Crippen molar-refractivity contribution in [2.45, 2.75) is 56.9 Å². The molecule has 0 aliphatic rings. The molecule has 1 amide bonds. The van der Waals surface area contributed by atoms with Gasteiger partial charge < -0.3 is 14.6 Å². The van der Waals surface area contributed by atoms with Crippen molar-refractivity contribution in [3.05, 3.63) is 91.0 Å². The van der Waals surface area contributed by atoms with Crippen LogP contribution in [-0.4, -0.2) is 92.6 Å². The van der Waals surface area contributed by atoms with Crippen LogP contribution in [0.4, 0.5) is 0 Å². The van der Waals surface area contributed by atoms with Gasteiger partial charge in [0.25, 0.3) is 12.9 Å². The number of rotatable bonds is 27. The molecule has 0 heterocycles. The van der Waals surface area contributed by atoms with Gasteiger partial charge in [-0.25, -0.2) is 0 Å². The van der Waals surface area contributed by atoms with E-state index in [9.17, 15) is 33.6 Å². The third-order valence-electron chi connectivity index (χ3n) is 8.72. The minimum absolute atomic E-state index is 0.0213. The average molecular weight is 782 g/mol. The molecule has 296 valence electrons. The van der Waals surface area contributed by atoms with Crippen LogP contribution in [-0.2, 0) is 57.2 Å². The number of esters is 3. The van der Waals surface area contributed by atoms with E-state index >= 15 is 0 Å². The van der Waals surface area contributed by atoms with Crippen molar-refractivity contribution in [2.24, 2.45) is 0 Å². The molecule has 2 N–H and O–H groups in total. The van der Waals surface area contributed by atoms with E-state index in [1.807, 2.05) is 18.2 Å². The number of carbonyl (C=O) groups is 7. The molecule has 0 aromatic heterocycles. The van der Waals surface area contributed by atoms with Gasteiger partial charge in [-0.2, -0.15) is 0 Å². The van der Waals surface area contributed by atoms with Gasteiger partial charge in [0.15, 0.2) is 0 Å². The number of benzene rings is 3. The quantitative estimate of drug-likeness (QED) is 0.0377. The van der Waals surface area contributed by atoms with Crippen LogP contribution in [0.2, 0.25) is 0 Å². The van der Waals surface area contributed by atoms with Gasteiger partial charge in [-0.3, -0.25) is 14.4 Å². The summed E-state index contributed by atoms with van der Waals surface area (Å²) in [7, 11) is -2.48. The summed E-state index contributed by atoms with van der Waals surface area (Å²) in [5.74, 6) is -4.32. The molecule has 0 saturated carbocycles. The van der Waals surface area contributed by atoms with Gasteiger partial charge in [-0.1, -0.05) is 0 Å². The van der Waals surface area contributed by atoms with Gasteiger partial charge in [0, 0.05) is 0 Å². The summed E-state index contributed by atoms with van der Waals surface area (Å²) < 4.78 is 25.0. The summed E-state index contributed by atoms with van der Waals surface area (Å²) in [5, 5.41) is 15.5. The molecule has 0 unspecified atom stereocenters. The van der Waals surface area contributed by atoms with E-state index in [4.69, 9.17) is 19.3 Å². The number of hydrogen-bond acceptors (Lipinski definition) is 12. The molecule has 0 spiro atoms. The monoisotopic (exact) mass is 781 g/mol. The van der Waals surface area contributed by atoms with Crippen molar-refractivity contribution < 1.29 is 62.4 Å². The summed E-state index contributed by atoms with van der Waals surface area (Å²) in [4.78, 5) is 82.9. The number of aliphatic carboxylic acids is 1. The predicted octanol–water partition coefficient (Wildman–Crippen LogP) is 2.75. The van der Waals surface area contributed by atoms with E-state index in [2.05, 4.69) is 87.6 Å². The molecule has 0 aliphatic carbocycles. The number of ether oxygens (including phenoxy) is 5. The first-order valence-electron chi connectivity index (χ1n) is 17.9. The van der Waals surface area contributed by atoms with Crippen LogP contribution in [0.25, 0.3) is 0 Å². The number of nitrogens with one attached hydrogen (secondary N) is 1. The maximum atomic E-state index is 13.5. The topological polar surface area (TPSA) is 198 Å². The van der Waals surface area contributed by atoms with Gasteiger partial charge >= 0.3 is 259 Å². The number of carboxylic acids is 1. The Morgan fingerprint density at radius 2 is 0.982 bits per heavy atom. The molecule has 15 heteroatoms. The van der Waals surface area contributed by atoms with E-state index in [0.717, 1.165) is 12.6 Å². The predicted molar refractivity (Wildman–Crippen MR) is 204 cm³/mol. The van der Waals surface area contributed by atoms with E-state index in [-0.39, 0.29) is 45.4 Å². The molecule has 0 bridgehead atoms. The van der Waals surface area contributed by atoms with Crippen LogP contribution in [0.5, 0.6) is 0 Å². The molecule has 0 fully saturated rings. The van der Waals surface area contributed by atoms with Gasteiger partial charge in [-0.15, -0.1) is 0 Å². The number of unbranched alkanes of at least 4 members (excludes halogenated alkanes) is 2. The fraction of sp³-hybridized carbons (Fsp3) is 0.375. The van der Waals surface area contributed by atoms with Gasteiger partial charge in [-0.05, 0) is 0 Å². The molecular formula is C40H48NO13P. The second kappa shape index (κ2) is 23.9. The van der Waals surface area contributed by atoms with Crippen LogP contribution >= 0.6 is 7.26 Å². The summed E-state index contributed by atoms with van der Waals surface area (Å²) in [5.41, 5.74) is -1.78. The van der Waals surface area contributed by atoms with Crippen LogP contribution in [0, 0.1) is 0 Å². The minimum atomic E-state index is -2.48. The maximum absolute atomic E-state index is 13.5. The van der Waals surface area contributed by atoms with E-state index in [1.165, 1.54) is 15.9 Å². The second-order valence-corrected chi connectivity index (χ2v) is 16.7. The SMILES string of the molecule is O=COCCC(=O)OCC(COC(=O)CCOC=O)(COC(=O)CCC(=O)O)NC(=O)CCCCC[PH](c1ccccc1)(c1ccccc1)c1ccccc1. The van der Waals surface area contributed by atoms with Crippen molar-refractivity contribution in [2.75, 3.05) is 39.2 Å². The first-order chi connectivity index (χ1) is 26.6. The van der Waals surface area contributed by atoms with E-state index in [1.54, 1.807) is 0 Å². The normalized spacial score (nSPS) is 11.3. The Bertz CT molecular complexity index is 1550. The Labute approximate surface area is 320 Å². The van der Waals surface area contributed by atoms with Crippen LogP contribution < -0.4 is 21.2 Å². The van der Waals surface area contributed by atoms with Crippen molar-refractivity contribution >= 4 is 65.9 Å². The Kier molecular flexibility index (Phi) is 19.0. The summed E-state index contributed by atoms with van der Waals surface area (Å²) in [6, 6.07) is 31.4. The number of amides is 1. The molecule has 0 saturated heterocycles.